The molecule has 30 heavy (non-hydrogen) atoms. The van der Waals surface area contributed by atoms with E-state index in [9.17, 15) is 13.2 Å². The number of aromatic nitrogens is 8. The van der Waals surface area contributed by atoms with Crippen LogP contribution in [0.5, 0.6) is 0 Å². The summed E-state index contributed by atoms with van der Waals surface area (Å²) in [5.74, 6) is 1.23. The van der Waals surface area contributed by atoms with Crippen LogP contribution in [0.2, 0.25) is 0 Å². The molecule has 5 rings (SSSR count). The smallest absolute Gasteiger partial charge is 0.356 e. The number of hydrogen-bond donors (Lipinski definition) is 1. The third-order valence-corrected chi connectivity index (χ3v) is 5.15. The number of rotatable bonds is 3. The van der Waals surface area contributed by atoms with Crippen LogP contribution in [-0.2, 0) is 6.18 Å². The lowest BCUT2D eigenvalue weighted by molar-refractivity contribution is -0.141. The number of nitrogens with zero attached hydrogens (tertiary/aromatic N) is 8. The third-order valence-electron chi connectivity index (χ3n) is 5.15. The van der Waals surface area contributed by atoms with Gasteiger partial charge in [0.05, 0.1) is 24.3 Å². The average molecular weight is 415 g/mol. The Bertz CT molecular complexity index is 1170. The minimum Gasteiger partial charge on any atom is -0.356 e. The van der Waals surface area contributed by atoms with Crippen molar-refractivity contribution in [3.8, 4) is 11.5 Å². The molecule has 1 atom stereocenters. The molecule has 1 N–H and O–H groups in total. The minimum absolute atomic E-state index is 0.229. The van der Waals surface area contributed by atoms with E-state index in [1.165, 1.54) is 10.6 Å². The van der Waals surface area contributed by atoms with E-state index in [0.717, 1.165) is 44.0 Å². The highest BCUT2D eigenvalue weighted by atomic mass is 19.4. The molecule has 0 radical (unpaired) electrons. The molecule has 12 heteroatoms. The van der Waals surface area contributed by atoms with Crippen molar-refractivity contribution >= 4 is 11.5 Å². The van der Waals surface area contributed by atoms with Gasteiger partial charge in [0.2, 0.25) is 0 Å². The van der Waals surface area contributed by atoms with Crippen LogP contribution in [0.25, 0.3) is 17.2 Å². The first-order valence-corrected chi connectivity index (χ1v) is 9.33. The molecule has 1 saturated heterocycles. The molecule has 5 heterocycles. The van der Waals surface area contributed by atoms with E-state index in [-0.39, 0.29) is 11.6 Å². The molecule has 4 aromatic rings. The van der Waals surface area contributed by atoms with Crippen molar-refractivity contribution in [3.05, 3.63) is 48.4 Å². The van der Waals surface area contributed by atoms with Gasteiger partial charge < -0.3 is 4.90 Å². The van der Waals surface area contributed by atoms with Crippen molar-refractivity contribution in [2.45, 2.75) is 24.9 Å². The third kappa shape index (κ3) is 3.33. The van der Waals surface area contributed by atoms with Crippen LogP contribution in [0, 0.1) is 0 Å². The molecule has 0 aliphatic carbocycles. The van der Waals surface area contributed by atoms with Gasteiger partial charge in [-0.2, -0.15) is 28.6 Å². The van der Waals surface area contributed by atoms with Gasteiger partial charge in [0.15, 0.2) is 17.2 Å². The van der Waals surface area contributed by atoms with Gasteiger partial charge in [-0.15, -0.1) is 0 Å². The van der Waals surface area contributed by atoms with Crippen LogP contribution < -0.4 is 4.90 Å². The molecule has 0 saturated carbocycles. The molecule has 0 amide bonds. The van der Waals surface area contributed by atoms with Crippen molar-refractivity contribution in [2.24, 2.45) is 0 Å². The molecule has 1 unspecified atom stereocenters. The summed E-state index contributed by atoms with van der Waals surface area (Å²) < 4.78 is 40.5. The number of imidazole rings is 1. The highest BCUT2D eigenvalue weighted by Crippen LogP contribution is 2.30. The average Bonchev–Trinajstić information content (AvgIpc) is 3.43. The SMILES string of the molecule is FC(F)(F)c1cn2c(-c3nccc(N4CCCC(c5cn[nH]n5)C4)n3)cnc2cn1. The Hall–Kier alpha value is -3.57. The summed E-state index contributed by atoms with van der Waals surface area (Å²) in [5.41, 5.74) is 0.556. The predicted octanol–water partition coefficient (Wildman–Crippen LogP) is 2.71. The second kappa shape index (κ2) is 7.04. The number of halogens is 3. The number of anilines is 1. The van der Waals surface area contributed by atoms with Crippen LogP contribution in [0.4, 0.5) is 19.0 Å². The fourth-order valence-electron chi connectivity index (χ4n) is 3.68. The number of aromatic amines is 1. The largest absolute Gasteiger partial charge is 0.434 e. The number of nitrogens with one attached hydrogen (secondary N) is 1. The Morgan fingerprint density at radius 1 is 1.10 bits per heavy atom. The molecule has 1 aliphatic heterocycles. The summed E-state index contributed by atoms with van der Waals surface area (Å²) in [6, 6.07) is 1.79. The summed E-state index contributed by atoms with van der Waals surface area (Å²) in [7, 11) is 0. The van der Waals surface area contributed by atoms with Gasteiger partial charge in [-0.1, -0.05) is 0 Å². The summed E-state index contributed by atoms with van der Waals surface area (Å²) in [4.78, 5) is 18.6. The molecule has 0 spiro atoms. The first-order chi connectivity index (χ1) is 14.5. The second-order valence-electron chi connectivity index (χ2n) is 7.06. The molecule has 9 nitrogen and oxygen atoms in total. The zero-order valence-corrected chi connectivity index (χ0v) is 15.6. The lowest BCUT2D eigenvalue weighted by atomic mass is 9.95. The van der Waals surface area contributed by atoms with Crippen LogP contribution >= 0.6 is 0 Å². The quantitative estimate of drug-likeness (QED) is 0.549. The maximum atomic E-state index is 13.1. The van der Waals surface area contributed by atoms with E-state index in [0.29, 0.717) is 17.3 Å². The molecule has 0 bridgehead atoms. The van der Waals surface area contributed by atoms with Crippen LogP contribution in [0.1, 0.15) is 30.1 Å². The lowest BCUT2D eigenvalue weighted by Gasteiger charge is -2.32. The van der Waals surface area contributed by atoms with Crippen LogP contribution in [0.15, 0.2) is 37.1 Å². The fourth-order valence-corrected chi connectivity index (χ4v) is 3.68. The van der Waals surface area contributed by atoms with Gasteiger partial charge in [-0.25, -0.2) is 19.9 Å². The molecule has 154 valence electrons. The van der Waals surface area contributed by atoms with Crippen molar-refractivity contribution in [1.82, 2.24) is 39.7 Å². The van der Waals surface area contributed by atoms with Crippen LogP contribution in [0.3, 0.4) is 0 Å². The molecule has 0 aromatic carbocycles. The molecule has 1 fully saturated rings. The van der Waals surface area contributed by atoms with Gasteiger partial charge in [0.25, 0.3) is 0 Å². The lowest BCUT2D eigenvalue weighted by Crippen LogP contribution is -2.35. The Kier molecular flexibility index (Phi) is 4.33. The Balaban J connectivity index is 1.48. The van der Waals surface area contributed by atoms with E-state index in [1.54, 1.807) is 18.5 Å². The normalized spacial score (nSPS) is 17.6. The number of fused-ring (bicyclic) bond motifs is 1. The van der Waals surface area contributed by atoms with Gasteiger partial charge in [0.1, 0.15) is 11.5 Å². The molecular formula is C18H16F3N9. The predicted molar refractivity (Wildman–Crippen MR) is 99.6 cm³/mol. The Labute approximate surface area is 168 Å². The second-order valence-corrected chi connectivity index (χ2v) is 7.06. The highest BCUT2D eigenvalue weighted by Gasteiger charge is 2.33. The minimum atomic E-state index is -4.55. The van der Waals surface area contributed by atoms with Gasteiger partial charge in [-0.05, 0) is 18.9 Å². The van der Waals surface area contributed by atoms with Crippen molar-refractivity contribution < 1.29 is 13.2 Å². The Morgan fingerprint density at radius 2 is 2.00 bits per heavy atom. The zero-order valence-electron chi connectivity index (χ0n) is 15.6. The van der Waals surface area contributed by atoms with E-state index in [2.05, 4.69) is 40.2 Å². The van der Waals surface area contributed by atoms with Gasteiger partial charge in [0, 0.05) is 31.4 Å². The summed E-state index contributed by atoms with van der Waals surface area (Å²) in [6.07, 6.45) is 4.19. The first-order valence-electron chi connectivity index (χ1n) is 9.33. The maximum absolute atomic E-state index is 13.1. The van der Waals surface area contributed by atoms with Gasteiger partial charge >= 0.3 is 6.18 Å². The van der Waals surface area contributed by atoms with Gasteiger partial charge in [-0.3, -0.25) is 4.40 Å². The van der Waals surface area contributed by atoms with E-state index in [4.69, 9.17) is 0 Å². The number of hydrogen-bond acceptors (Lipinski definition) is 7. The molecular weight excluding hydrogens is 399 g/mol. The van der Waals surface area contributed by atoms with E-state index >= 15 is 0 Å². The van der Waals surface area contributed by atoms with Crippen molar-refractivity contribution in [2.75, 3.05) is 18.0 Å². The van der Waals surface area contributed by atoms with E-state index in [1.807, 2.05) is 0 Å². The van der Waals surface area contributed by atoms with E-state index < -0.39 is 11.9 Å². The zero-order chi connectivity index (χ0) is 20.7. The first kappa shape index (κ1) is 18.5. The van der Waals surface area contributed by atoms with Crippen molar-refractivity contribution in [3.63, 3.8) is 0 Å². The van der Waals surface area contributed by atoms with Crippen molar-refractivity contribution in [1.29, 1.82) is 0 Å². The maximum Gasteiger partial charge on any atom is 0.434 e. The summed E-state index contributed by atoms with van der Waals surface area (Å²) in [6.45, 7) is 1.54. The van der Waals surface area contributed by atoms with Crippen LogP contribution in [-0.4, -0.2) is 52.8 Å². The molecule has 1 aliphatic rings. The number of alkyl halides is 3. The topological polar surface area (TPSA) is 101 Å². The number of H-pyrrole nitrogens is 1. The monoisotopic (exact) mass is 415 g/mol. The number of piperidine rings is 1. The standard InChI is InChI=1S/C18H16F3N9/c19-18(20,21)14-10-30-13(7-24-16(30)8-23-14)17-22-4-3-15(26-17)29-5-1-2-11(9-29)12-6-25-28-27-12/h3-4,6-8,10-11H,1-2,5,9H2,(H,25,27,28). The fraction of sp³-hybridized carbons (Fsp3) is 0.333. The summed E-state index contributed by atoms with van der Waals surface area (Å²) >= 11 is 0. The Morgan fingerprint density at radius 3 is 2.80 bits per heavy atom. The highest BCUT2D eigenvalue weighted by molar-refractivity contribution is 5.58. The summed E-state index contributed by atoms with van der Waals surface area (Å²) in [5, 5.41) is 10.7. The molecule has 4 aromatic heterocycles.